The van der Waals surface area contributed by atoms with Crippen molar-refractivity contribution in [3.63, 3.8) is 0 Å². The summed E-state index contributed by atoms with van der Waals surface area (Å²) >= 11 is 0. The lowest BCUT2D eigenvalue weighted by Gasteiger charge is -2.10. The Hall–Kier alpha value is -1.48. The Morgan fingerprint density at radius 1 is 0.944 bits per heavy atom. The van der Waals surface area contributed by atoms with Crippen LogP contribution >= 0.6 is 0 Å². The number of aliphatic carboxylic acids is 2. The number of hydrogen-bond acceptors (Lipinski definition) is 5. The molecule has 0 saturated heterocycles. The van der Waals surface area contributed by atoms with Crippen LogP contribution in [0.15, 0.2) is 0 Å². The third-order valence-electron chi connectivity index (χ3n) is 2.19. The zero-order valence-corrected chi connectivity index (χ0v) is 10.2. The van der Waals surface area contributed by atoms with Crippen molar-refractivity contribution in [2.45, 2.75) is 37.4 Å². The molecule has 0 aromatic heterocycles. The van der Waals surface area contributed by atoms with Gasteiger partial charge >= 0.3 is 11.9 Å². The highest BCUT2D eigenvalue weighted by Gasteiger charge is 2.26. The Morgan fingerprint density at radius 3 is 1.89 bits per heavy atom. The van der Waals surface area contributed by atoms with Gasteiger partial charge in [0.2, 0.25) is 0 Å². The van der Waals surface area contributed by atoms with Crippen molar-refractivity contribution in [3.8, 4) is 0 Å². The summed E-state index contributed by atoms with van der Waals surface area (Å²) in [5, 5.41) is 15.2. The zero-order valence-electron chi connectivity index (χ0n) is 9.40. The number of Topliss-reactive ketones (excluding diaryl/α,β-unsaturated/α-hetero) is 1. The van der Waals surface area contributed by atoms with Crippen LogP contribution in [-0.2, 0) is 24.5 Å². The highest BCUT2D eigenvalue weighted by Crippen LogP contribution is 2.13. The van der Waals surface area contributed by atoms with Crippen molar-refractivity contribution in [1.82, 2.24) is 0 Å². The van der Waals surface area contributed by atoms with Gasteiger partial charge in [0.1, 0.15) is 5.78 Å². The minimum Gasteiger partial charge on any atom is -0.481 e. The van der Waals surface area contributed by atoms with Gasteiger partial charge in [-0.1, -0.05) is 0 Å². The van der Waals surface area contributed by atoms with Crippen LogP contribution in [0.4, 0.5) is 0 Å². The maximum atomic E-state index is 11.2. The lowest BCUT2D eigenvalue weighted by Crippen LogP contribution is -2.24. The summed E-state index contributed by atoms with van der Waals surface area (Å²) in [6.07, 6.45) is -2.05. The van der Waals surface area contributed by atoms with Gasteiger partial charge in [-0.2, -0.15) is 8.42 Å². The molecule has 0 saturated carbocycles. The van der Waals surface area contributed by atoms with Gasteiger partial charge < -0.3 is 10.2 Å². The normalized spacial score (nSPS) is 12.9. The number of carbonyl (C=O) groups excluding carboxylic acids is 1. The molecule has 0 aliphatic carbocycles. The maximum absolute atomic E-state index is 11.2. The van der Waals surface area contributed by atoms with E-state index in [-0.39, 0.29) is 25.7 Å². The van der Waals surface area contributed by atoms with Crippen LogP contribution in [0.1, 0.15) is 32.1 Å². The molecule has 0 aromatic carbocycles. The lowest BCUT2D eigenvalue weighted by molar-refractivity contribution is -0.138. The van der Waals surface area contributed by atoms with Gasteiger partial charge in [0.25, 0.3) is 10.1 Å². The molecular formula is C9H14O8S. The Bertz CT molecular complexity index is 424. The predicted molar refractivity (Wildman–Crippen MR) is 58.7 cm³/mol. The third kappa shape index (κ3) is 7.74. The topological polar surface area (TPSA) is 146 Å². The van der Waals surface area contributed by atoms with E-state index < -0.39 is 39.5 Å². The number of carboxylic acid groups (broad SMARTS) is 2. The Morgan fingerprint density at radius 2 is 1.50 bits per heavy atom. The minimum atomic E-state index is -4.54. The van der Waals surface area contributed by atoms with Crippen molar-refractivity contribution >= 4 is 27.8 Å². The Balaban J connectivity index is 4.31. The molecule has 1 unspecified atom stereocenters. The number of ketones is 1. The molecule has 0 spiro atoms. The second-order valence-electron chi connectivity index (χ2n) is 3.71. The van der Waals surface area contributed by atoms with Gasteiger partial charge in [-0.3, -0.25) is 18.9 Å². The first kappa shape index (κ1) is 16.5. The molecular weight excluding hydrogens is 268 g/mol. The summed E-state index contributed by atoms with van der Waals surface area (Å²) in [5.74, 6) is -3.05. The summed E-state index contributed by atoms with van der Waals surface area (Å²) in [7, 11) is -4.54. The molecule has 0 aliphatic heterocycles. The van der Waals surface area contributed by atoms with Gasteiger partial charge in [0.05, 0.1) is 18.1 Å². The standard InChI is InChI=1S/C9H14O8S/c10-6(2-4-8(11)12)1-3-7(5-9(13)14)18(15,16)17/h7H,1-5H2,(H,11,12)(H,13,14)(H,15,16,17). The molecule has 9 heteroatoms. The van der Waals surface area contributed by atoms with E-state index in [0.717, 1.165) is 0 Å². The first-order chi connectivity index (χ1) is 8.12. The number of carbonyl (C=O) groups is 3. The molecule has 0 bridgehead atoms. The van der Waals surface area contributed by atoms with Gasteiger partial charge in [-0.25, -0.2) is 0 Å². The molecule has 0 heterocycles. The highest BCUT2D eigenvalue weighted by molar-refractivity contribution is 7.86. The maximum Gasteiger partial charge on any atom is 0.304 e. The van der Waals surface area contributed by atoms with E-state index in [0.29, 0.717) is 0 Å². The van der Waals surface area contributed by atoms with Crippen LogP contribution < -0.4 is 0 Å². The van der Waals surface area contributed by atoms with E-state index in [1.807, 2.05) is 0 Å². The molecule has 1 atom stereocenters. The molecule has 8 nitrogen and oxygen atoms in total. The minimum absolute atomic E-state index is 0.249. The third-order valence-corrected chi connectivity index (χ3v) is 3.43. The molecule has 0 aromatic rings. The average Bonchev–Trinajstić information content (AvgIpc) is 2.19. The zero-order chi connectivity index (χ0) is 14.3. The van der Waals surface area contributed by atoms with Gasteiger partial charge in [0.15, 0.2) is 0 Å². The quantitative estimate of drug-likeness (QED) is 0.498. The first-order valence-corrected chi connectivity index (χ1v) is 6.55. The average molecular weight is 282 g/mol. The van der Waals surface area contributed by atoms with Gasteiger partial charge in [-0.05, 0) is 6.42 Å². The summed E-state index contributed by atoms with van der Waals surface area (Å²) in [4.78, 5) is 31.7. The summed E-state index contributed by atoms with van der Waals surface area (Å²) in [6, 6.07) is 0. The fraction of sp³-hybridized carbons (Fsp3) is 0.667. The fourth-order valence-corrected chi connectivity index (χ4v) is 2.01. The van der Waals surface area contributed by atoms with Crippen LogP contribution in [0.5, 0.6) is 0 Å². The molecule has 104 valence electrons. The highest BCUT2D eigenvalue weighted by atomic mass is 32.2. The summed E-state index contributed by atoms with van der Waals surface area (Å²) < 4.78 is 30.4. The van der Waals surface area contributed by atoms with Crippen molar-refractivity contribution in [2.24, 2.45) is 0 Å². The number of rotatable bonds is 9. The van der Waals surface area contributed by atoms with E-state index in [1.165, 1.54) is 0 Å². The second-order valence-corrected chi connectivity index (χ2v) is 5.40. The summed E-state index contributed by atoms with van der Waals surface area (Å²) in [5.41, 5.74) is 0. The number of hydrogen-bond donors (Lipinski definition) is 3. The van der Waals surface area contributed by atoms with Crippen molar-refractivity contribution in [3.05, 3.63) is 0 Å². The van der Waals surface area contributed by atoms with Crippen molar-refractivity contribution in [2.75, 3.05) is 0 Å². The fourth-order valence-electron chi connectivity index (χ4n) is 1.24. The SMILES string of the molecule is O=C(O)CCC(=O)CCC(CC(=O)O)S(=O)(=O)O. The second kappa shape index (κ2) is 7.07. The first-order valence-electron chi connectivity index (χ1n) is 5.04. The molecule has 0 rings (SSSR count). The van der Waals surface area contributed by atoms with Crippen LogP contribution in [0.25, 0.3) is 0 Å². The Labute approximate surface area is 103 Å². The Kier molecular flexibility index (Phi) is 6.48. The molecule has 0 radical (unpaired) electrons. The van der Waals surface area contributed by atoms with Crippen LogP contribution in [0.3, 0.4) is 0 Å². The van der Waals surface area contributed by atoms with Crippen molar-refractivity contribution < 1.29 is 37.6 Å². The van der Waals surface area contributed by atoms with E-state index >= 15 is 0 Å². The van der Waals surface area contributed by atoms with Crippen molar-refractivity contribution in [1.29, 1.82) is 0 Å². The smallest absolute Gasteiger partial charge is 0.304 e. The van der Waals surface area contributed by atoms with Crippen LogP contribution in [0.2, 0.25) is 0 Å². The van der Waals surface area contributed by atoms with Crippen LogP contribution in [0, 0.1) is 0 Å². The summed E-state index contributed by atoms with van der Waals surface area (Å²) in [6.45, 7) is 0. The molecule has 18 heavy (non-hydrogen) atoms. The van der Waals surface area contributed by atoms with E-state index in [2.05, 4.69) is 0 Å². The van der Waals surface area contributed by atoms with E-state index in [4.69, 9.17) is 14.8 Å². The lowest BCUT2D eigenvalue weighted by atomic mass is 10.1. The molecule has 0 aliphatic rings. The predicted octanol–water partition coefficient (Wildman–Crippen LogP) is -0.0684. The molecule has 0 fully saturated rings. The van der Waals surface area contributed by atoms with Gasteiger partial charge in [0, 0.05) is 12.8 Å². The van der Waals surface area contributed by atoms with E-state index in [1.54, 1.807) is 0 Å². The number of carboxylic acids is 2. The van der Waals surface area contributed by atoms with Gasteiger partial charge in [-0.15, -0.1) is 0 Å². The van der Waals surface area contributed by atoms with Crippen LogP contribution in [-0.4, -0.2) is 46.2 Å². The monoisotopic (exact) mass is 282 g/mol. The molecule has 0 amide bonds. The van der Waals surface area contributed by atoms with E-state index in [9.17, 15) is 22.8 Å². The largest absolute Gasteiger partial charge is 0.481 e. The molecule has 3 N–H and O–H groups in total.